The van der Waals surface area contributed by atoms with Crippen molar-refractivity contribution in [2.24, 2.45) is 5.73 Å². The first kappa shape index (κ1) is 16.9. The first-order chi connectivity index (χ1) is 8.85. The lowest BCUT2D eigenvalue weighted by Crippen LogP contribution is -2.16. The summed E-state index contributed by atoms with van der Waals surface area (Å²) in [6.45, 7) is 1.82. The quantitative estimate of drug-likeness (QED) is 0.877. The van der Waals surface area contributed by atoms with Crippen molar-refractivity contribution in [3.05, 3.63) is 34.7 Å². The number of hydrogen-bond acceptors (Lipinski definition) is 4. The zero-order chi connectivity index (χ0) is 14.0. The van der Waals surface area contributed by atoms with Gasteiger partial charge in [-0.15, -0.1) is 41.5 Å². The zero-order valence-corrected chi connectivity index (χ0v) is 12.9. The van der Waals surface area contributed by atoms with Gasteiger partial charge in [0.05, 0.1) is 11.7 Å². The normalized spacial score (nSPS) is 12.7. The lowest BCUT2D eigenvalue weighted by Gasteiger charge is -2.08. The maximum Gasteiger partial charge on any atom is 0.573 e. The average molecular weight is 369 g/mol. The van der Waals surface area contributed by atoms with E-state index >= 15 is 0 Å². The van der Waals surface area contributed by atoms with Crippen LogP contribution >= 0.6 is 28.3 Å². The van der Waals surface area contributed by atoms with Gasteiger partial charge in [0.25, 0.3) is 0 Å². The second-order valence-corrected chi connectivity index (χ2v) is 4.82. The van der Waals surface area contributed by atoms with Gasteiger partial charge in [0.2, 0.25) is 0 Å². The molecule has 8 heteroatoms. The van der Waals surface area contributed by atoms with Gasteiger partial charge in [-0.05, 0) is 31.2 Å². The molecule has 1 aromatic carbocycles. The third-order valence-corrected chi connectivity index (χ3v) is 3.34. The maximum absolute atomic E-state index is 12.0. The Morgan fingerprint density at radius 1 is 1.25 bits per heavy atom. The van der Waals surface area contributed by atoms with Gasteiger partial charge in [0, 0.05) is 10.9 Å². The summed E-state index contributed by atoms with van der Waals surface area (Å²) in [5, 5.41) is 2.60. The molecule has 2 N–H and O–H groups in total. The van der Waals surface area contributed by atoms with Crippen LogP contribution < -0.4 is 10.5 Å². The highest BCUT2D eigenvalue weighted by Crippen LogP contribution is 2.28. The first-order valence-corrected chi connectivity index (χ1v) is 6.30. The van der Waals surface area contributed by atoms with Gasteiger partial charge in [-0.25, -0.2) is 4.98 Å². The molecule has 0 spiro atoms. The summed E-state index contributed by atoms with van der Waals surface area (Å²) in [6, 6.07) is 5.41. The largest absolute Gasteiger partial charge is 0.573 e. The Hall–Kier alpha value is -1.12. The highest BCUT2D eigenvalue weighted by molar-refractivity contribution is 8.93. The van der Waals surface area contributed by atoms with Crippen LogP contribution in [0.5, 0.6) is 5.75 Å². The molecule has 2 aromatic rings. The van der Waals surface area contributed by atoms with Crippen LogP contribution in [0, 0.1) is 0 Å². The van der Waals surface area contributed by atoms with E-state index in [0.29, 0.717) is 5.69 Å². The van der Waals surface area contributed by atoms with Crippen molar-refractivity contribution in [3.8, 4) is 17.0 Å². The highest BCUT2D eigenvalue weighted by Gasteiger charge is 2.30. The van der Waals surface area contributed by atoms with E-state index in [2.05, 4.69) is 9.72 Å². The molecule has 110 valence electrons. The second-order valence-electron chi connectivity index (χ2n) is 3.93. The van der Waals surface area contributed by atoms with E-state index in [0.717, 1.165) is 10.6 Å². The Bertz CT molecular complexity index is 555. The predicted octanol–water partition coefficient (Wildman–Crippen LogP) is 4.31. The van der Waals surface area contributed by atoms with E-state index < -0.39 is 6.36 Å². The van der Waals surface area contributed by atoms with Crippen LogP contribution in [0.2, 0.25) is 0 Å². The Morgan fingerprint density at radius 3 is 2.30 bits per heavy atom. The summed E-state index contributed by atoms with van der Waals surface area (Å²) < 4.78 is 39.8. The van der Waals surface area contributed by atoms with Gasteiger partial charge < -0.3 is 10.5 Å². The molecule has 1 atom stereocenters. The summed E-state index contributed by atoms with van der Waals surface area (Å²) in [7, 11) is 0. The molecule has 0 fully saturated rings. The number of alkyl halides is 3. The molecule has 0 radical (unpaired) electrons. The molecule has 2 rings (SSSR count). The second kappa shape index (κ2) is 6.55. The van der Waals surface area contributed by atoms with Gasteiger partial charge in [-0.1, -0.05) is 0 Å². The van der Waals surface area contributed by atoms with Gasteiger partial charge in [-0.3, -0.25) is 0 Å². The topological polar surface area (TPSA) is 48.1 Å². The SMILES string of the molecule is Br.C[C@H](N)c1nc(-c2ccc(OC(F)(F)F)cc2)cs1. The number of halogens is 4. The van der Waals surface area contributed by atoms with E-state index in [4.69, 9.17) is 5.73 Å². The summed E-state index contributed by atoms with van der Waals surface area (Å²) in [4.78, 5) is 4.31. The number of benzene rings is 1. The van der Waals surface area contributed by atoms with Crippen molar-refractivity contribution in [1.29, 1.82) is 0 Å². The van der Waals surface area contributed by atoms with E-state index in [1.54, 1.807) is 0 Å². The summed E-state index contributed by atoms with van der Waals surface area (Å²) >= 11 is 1.42. The van der Waals surface area contributed by atoms with Crippen molar-refractivity contribution in [1.82, 2.24) is 4.98 Å². The molecule has 0 amide bonds. The van der Waals surface area contributed by atoms with Gasteiger partial charge in [0.15, 0.2) is 0 Å². The van der Waals surface area contributed by atoms with Crippen LogP contribution in [0.15, 0.2) is 29.6 Å². The van der Waals surface area contributed by atoms with Gasteiger partial charge in [-0.2, -0.15) is 0 Å². The van der Waals surface area contributed by atoms with Crippen LogP contribution in [0.4, 0.5) is 13.2 Å². The van der Waals surface area contributed by atoms with Crippen LogP contribution in [0.3, 0.4) is 0 Å². The van der Waals surface area contributed by atoms with Crippen molar-refractivity contribution in [2.45, 2.75) is 19.3 Å². The van der Waals surface area contributed by atoms with Crippen molar-refractivity contribution in [2.75, 3.05) is 0 Å². The fraction of sp³-hybridized carbons (Fsp3) is 0.250. The average Bonchev–Trinajstić information content (AvgIpc) is 2.77. The van der Waals surface area contributed by atoms with E-state index in [-0.39, 0.29) is 28.8 Å². The van der Waals surface area contributed by atoms with Crippen LogP contribution in [0.1, 0.15) is 18.0 Å². The van der Waals surface area contributed by atoms with Crippen LogP contribution in [0.25, 0.3) is 11.3 Å². The van der Waals surface area contributed by atoms with Crippen molar-refractivity contribution < 1.29 is 17.9 Å². The van der Waals surface area contributed by atoms with E-state index in [1.807, 2.05) is 12.3 Å². The number of aromatic nitrogens is 1. The first-order valence-electron chi connectivity index (χ1n) is 5.42. The number of ether oxygens (including phenoxy) is 1. The van der Waals surface area contributed by atoms with Crippen LogP contribution in [-0.4, -0.2) is 11.3 Å². The highest BCUT2D eigenvalue weighted by atomic mass is 79.9. The monoisotopic (exact) mass is 368 g/mol. The van der Waals surface area contributed by atoms with Gasteiger partial charge >= 0.3 is 6.36 Å². The minimum atomic E-state index is -4.68. The molecule has 0 aliphatic heterocycles. The standard InChI is InChI=1S/C12H11F3N2OS.BrH/c1-7(16)11-17-10(6-19-11)8-2-4-9(5-3-8)18-12(13,14)15;/h2-7H,16H2,1H3;1H/t7-;/m0./s1. The lowest BCUT2D eigenvalue weighted by molar-refractivity contribution is -0.274. The molecule has 0 aliphatic carbocycles. The fourth-order valence-corrected chi connectivity index (χ4v) is 2.24. The predicted molar refractivity (Wildman–Crippen MR) is 77.2 cm³/mol. The molecule has 0 saturated carbocycles. The summed E-state index contributed by atoms with van der Waals surface area (Å²) in [6.07, 6.45) is -4.68. The third-order valence-electron chi connectivity index (χ3n) is 2.30. The third kappa shape index (κ3) is 4.46. The summed E-state index contributed by atoms with van der Waals surface area (Å²) in [5.74, 6) is -0.251. The molecule has 0 aliphatic rings. The molecule has 1 aromatic heterocycles. The number of thiazole rings is 1. The molecular formula is C12H12BrF3N2OS. The molecule has 20 heavy (non-hydrogen) atoms. The smallest absolute Gasteiger partial charge is 0.406 e. The Labute approximate surface area is 128 Å². The Kier molecular flexibility index (Phi) is 5.55. The summed E-state index contributed by atoms with van der Waals surface area (Å²) in [5.41, 5.74) is 7.11. The number of rotatable bonds is 3. The maximum atomic E-state index is 12.0. The van der Waals surface area contributed by atoms with Gasteiger partial charge in [0.1, 0.15) is 10.8 Å². The molecule has 0 bridgehead atoms. The molecule has 0 unspecified atom stereocenters. The fourth-order valence-electron chi connectivity index (χ4n) is 1.46. The number of nitrogens with zero attached hydrogens (tertiary/aromatic N) is 1. The molecule has 1 heterocycles. The minimum Gasteiger partial charge on any atom is -0.406 e. The number of hydrogen-bond donors (Lipinski definition) is 1. The zero-order valence-electron chi connectivity index (χ0n) is 10.3. The molecular weight excluding hydrogens is 357 g/mol. The van der Waals surface area contributed by atoms with E-state index in [9.17, 15) is 13.2 Å². The minimum absolute atomic E-state index is 0. The van der Waals surface area contributed by atoms with Crippen LogP contribution in [-0.2, 0) is 0 Å². The molecule has 3 nitrogen and oxygen atoms in total. The molecule has 0 saturated heterocycles. The lowest BCUT2D eigenvalue weighted by atomic mass is 10.2. The Balaban J connectivity index is 0.00000200. The van der Waals surface area contributed by atoms with Crippen molar-refractivity contribution in [3.63, 3.8) is 0 Å². The van der Waals surface area contributed by atoms with E-state index in [1.165, 1.54) is 35.6 Å². The number of nitrogens with two attached hydrogens (primary N) is 1. The van der Waals surface area contributed by atoms with Crippen molar-refractivity contribution >= 4 is 28.3 Å². The Morgan fingerprint density at radius 2 is 1.85 bits per heavy atom.